The molecule has 0 aromatic carbocycles. The SMILES string of the molecule is CC.O=CNc1nc(C(=CS)C(=O)O)cs1. The first-order chi connectivity index (χ1) is 7.69. The maximum atomic E-state index is 10.7. The van der Waals surface area contributed by atoms with Gasteiger partial charge in [-0.2, -0.15) is 12.6 Å². The van der Waals surface area contributed by atoms with Crippen LogP contribution >= 0.6 is 24.0 Å². The minimum atomic E-state index is -1.11. The minimum absolute atomic E-state index is 0.0106. The smallest absolute Gasteiger partial charge is 0.338 e. The molecule has 1 heterocycles. The molecule has 1 aromatic heterocycles. The third-order valence-electron chi connectivity index (χ3n) is 1.32. The van der Waals surface area contributed by atoms with E-state index in [0.29, 0.717) is 11.5 Å². The van der Waals surface area contributed by atoms with E-state index >= 15 is 0 Å². The molecule has 7 heteroatoms. The van der Waals surface area contributed by atoms with Gasteiger partial charge in [-0.25, -0.2) is 9.78 Å². The van der Waals surface area contributed by atoms with Crippen molar-refractivity contribution in [1.82, 2.24) is 4.98 Å². The Morgan fingerprint density at radius 1 is 1.62 bits per heavy atom. The minimum Gasteiger partial charge on any atom is -0.478 e. The van der Waals surface area contributed by atoms with Crippen LogP contribution < -0.4 is 5.32 Å². The summed E-state index contributed by atoms with van der Waals surface area (Å²) in [6.45, 7) is 4.00. The molecule has 0 saturated heterocycles. The highest BCUT2D eigenvalue weighted by Crippen LogP contribution is 2.21. The number of carboxylic acids is 1. The van der Waals surface area contributed by atoms with Gasteiger partial charge < -0.3 is 10.4 Å². The predicted octanol–water partition coefficient (Wildman–Crippen LogP) is 2.09. The fourth-order valence-electron chi connectivity index (χ4n) is 0.745. The summed E-state index contributed by atoms with van der Waals surface area (Å²) in [5.74, 6) is -1.11. The van der Waals surface area contributed by atoms with Crippen LogP contribution in [0.5, 0.6) is 0 Å². The van der Waals surface area contributed by atoms with E-state index in [1.165, 1.54) is 5.38 Å². The van der Waals surface area contributed by atoms with Crippen LogP contribution in [0.3, 0.4) is 0 Å². The van der Waals surface area contributed by atoms with Crippen molar-refractivity contribution in [3.8, 4) is 0 Å². The summed E-state index contributed by atoms with van der Waals surface area (Å²) in [5.41, 5.74) is 0.269. The van der Waals surface area contributed by atoms with Gasteiger partial charge in [0.25, 0.3) is 0 Å². The van der Waals surface area contributed by atoms with E-state index in [2.05, 4.69) is 22.9 Å². The molecular weight excluding hydrogens is 248 g/mol. The van der Waals surface area contributed by atoms with Crippen molar-refractivity contribution >= 4 is 47.0 Å². The monoisotopic (exact) mass is 260 g/mol. The van der Waals surface area contributed by atoms with E-state index < -0.39 is 5.97 Å². The molecule has 0 unspecified atom stereocenters. The van der Waals surface area contributed by atoms with Gasteiger partial charge in [0.2, 0.25) is 6.41 Å². The van der Waals surface area contributed by atoms with Crippen LogP contribution in [0, 0.1) is 0 Å². The second-order valence-electron chi connectivity index (χ2n) is 2.15. The Labute approximate surface area is 103 Å². The summed E-state index contributed by atoms with van der Waals surface area (Å²) in [7, 11) is 0. The molecule has 88 valence electrons. The first-order valence-electron chi connectivity index (χ1n) is 4.42. The van der Waals surface area contributed by atoms with Gasteiger partial charge in [0, 0.05) is 5.38 Å². The van der Waals surface area contributed by atoms with Gasteiger partial charge in [-0.1, -0.05) is 13.8 Å². The number of nitrogens with one attached hydrogen (secondary N) is 1. The topological polar surface area (TPSA) is 79.3 Å². The highest BCUT2D eigenvalue weighted by atomic mass is 32.1. The van der Waals surface area contributed by atoms with Gasteiger partial charge >= 0.3 is 5.97 Å². The van der Waals surface area contributed by atoms with Gasteiger partial charge in [-0.3, -0.25) is 4.79 Å². The fraction of sp³-hybridized carbons (Fsp3) is 0.222. The lowest BCUT2D eigenvalue weighted by Gasteiger charge is -1.94. The van der Waals surface area contributed by atoms with Crippen molar-refractivity contribution < 1.29 is 14.7 Å². The van der Waals surface area contributed by atoms with E-state index in [9.17, 15) is 9.59 Å². The predicted molar refractivity (Wildman–Crippen MR) is 67.7 cm³/mol. The molecule has 0 fully saturated rings. The number of thiazole rings is 1. The highest BCUT2D eigenvalue weighted by Gasteiger charge is 2.12. The number of nitrogens with zero attached hydrogens (tertiary/aromatic N) is 1. The van der Waals surface area contributed by atoms with Crippen LogP contribution in [0.25, 0.3) is 5.57 Å². The third kappa shape index (κ3) is 4.03. The number of carboxylic acid groups (broad SMARTS) is 1. The van der Waals surface area contributed by atoms with E-state index in [1.54, 1.807) is 0 Å². The van der Waals surface area contributed by atoms with Crippen LogP contribution in [0.15, 0.2) is 10.8 Å². The van der Waals surface area contributed by atoms with Gasteiger partial charge in [-0.15, -0.1) is 11.3 Å². The lowest BCUT2D eigenvalue weighted by atomic mass is 10.2. The Morgan fingerprint density at radius 2 is 2.25 bits per heavy atom. The summed E-state index contributed by atoms with van der Waals surface area (Å²) in [6, 6.07) is 0. The summed E-state index contributed by atoms with van der Waals surface area (Å²) >= 11 is 4.90. The maximum absolute atomic E-state index is 10.7. The molecule has 0 saturated carbocycles. The second kappa shape index (κ2) is 7.89. The number of carbonyl (C=O) groups excluding carboxylic acids is 1. The molecule has 0 aliphatic heterocycles. The van der Waals surface area contributed by atoms with Crippen LogP contribution in [-0.2, 0) is 9.59 Å². The summed E-state index contributed by atoms with van der Waals surface area (Å²) in [5, 5.41) is 14.1. The van der Waals surface area contributed by atoms with Crippen molar-refractivity contribution in [2.24, 2.45) is 0 Å². The Kier molecular flexibility index (Phi) is 7.23. The van der Waals surface area contributed by atoms with Crippen LogP contribution in [0.2, 0.25) is 0 Å². The molecule has 16 heavy (non-hydrogen) atoms. The number of aromatic nitrogens is 1. The maximum Gasteiger partial charge on any atom is 0.338 e. The molecule has 5 nitrogen and oxygen atoms in total. The van der Waals surface area contributed by atoms with Gasteiger partial charge in [0.05, 0.1) is 11.3 Å². The number of aliphatic carboxylic acids is 1. The first kappa shape index (κ1) is 14.7. The number of hydrogen-bond donors (Lipinski definition) is 3. The largest absolute Gasteiger partial charge is 0.478 e. The van der Waals surface area contributed by atoms with Gasteiger partial charge in [0.15, 0.2) is 5.13 Å². The zero-order valence-electron chi connectivity index (χ0n) is 8.80. The molecule has 0 bridgehead atoms. The van der Waals surface area contributed by atoms with Crippen molar-refractivity contribution in [2.75, 3.05) is 5.32 Å². The second-order valence-corrected chi connectivity index (χ2v) is 3.26. The van der Waals surface area contributed by atoms with Crippen LogP contribution in [0.1, 0.15) is 19.5 Å². The van der Waals surface area contributed by atoms with Crippen LogP contribution in [-0.4, -0.2) is 22.5 Å². The molecule has 0 aliphatic rings. The number of anilines is 1. The van der Waals surface area contributed by atoms with E-state index in [4.69, 9.17) is 5.11 Å². The Hall–Kier alpha value is -1.34. The zero-order valence-corrected chi connectivity index (χ0v) is 10.5. The van der Waals surface area contributed by atoms with Crippen molar-refractivity contribution in [3.63, 3.8) is 0 Å². The Bertz CT molecular complexity index is 388. The zero-order chi connectivity index (χ0) is 12.6. The third-order valence-corrected chi connectivity index (χ3v) is 2.35. The van der Waals surface area contributed by atoms with E-state index in [0.717, 1.165) is 16.7 Å². The lowest BCUT2D eigenvalue weighted by Crippen LogP contribution is -2.00. The van der Waals surface area contributed by atoms with Crippen molar-refractivity contribution in [1.29, 1.82) is 0 Å². The fourth-order valence-corrected chi connectivity index (χ4v) is 1.66. The van der Waals surface area contributed by atoms with E-state index in [-0.39, 0.29) is 11.3 Å². The average molecular weight is 260 g/mol. The molecule has 1 rings (SSSR count). The van der Waals surface area contributed by atoms with Crippen molar-refractivity contribution in [3.05, 3.63) is 16.5 Å². The van der Waals surface area contributed by atoms with Gasteiger partial charge in [0.1, 0.15) is 0 Å². The standard InChI is InChI=1S/C7H6N2O3S2.C2H6/c10-3-8-7-9-5(2-14-7)4(1-13)6(11)12;1-2/h1-3,13H,(H,11,12)(H,8,9,10);1-2H3. The number of thiol groups is 1. The number of carbonyl (C=O) groups is 2. The van der Waals surface area contributed by atoms with Crippen molar-refractivity contribution in [2.45, 2.75) is 13.8 Å². The lowest BCUT2D eigenvalue weighted by molar-refractivity contribution is -0.130. The average Bonchev–Trinajstić information content (AvgIpc) is 2.70. The highest BCUT2D eigenvalue weighted by molar-refractivity contribution is 7.83. The molecule has 2 N–H and O–H groups in total. The quantitative estimate of drug-likeness (QED) is 0.440. The number of rotatable bonds is 4. The first-order valence-corrected chi connectivity index (χ1v) is 5.82. The number of amides is 1. The molecule has 0 spiro atoms. The molecule has 0 radical (unpaired) electrons. The van der Waals surface area contributed by atoms with Crippen LogP contribution in [0.4, 0.5) is 5.13 Å². The molecule has 0 atom stereocenters. The van der Waals surface area contributed by atoms with Gasteiger partial charge in [-0.05, 0) is 5.41 Å². The summed E-state index contributed by atoms with van der Waals surface area (Å²) in [4.78, 5) is 24.6. The Morgan fingerprint density at radius 3 is 2.69 bits per heavy atom. The molecule has 1 amide bonds. The molecular formula is C9H12N2O3S2. The normalized spacial score (nSPS) is 10.1. The summed E-state index contributed by atoms with van der Waals surface area (Å²) < 4.78 is 0. The number of hydrogen-bond acceptors (Lipinski definition) is 5. The Balaban J connectivity index is 0.00000106. The summed E-state index contributed by atoms with van der Waals surface area (Å²) in [6.07, 6.45) is 0.480. The molecule has 0 aliphatic carbocycles. The molecule has 1 aromatic rings. The van der Waals surface area contributed by atoms with E-state index in [1.807, 2.05) is 13.8 Å².